The fourth-order valence-corrected chi connectivity index (χ4v) is 1.88. The van der Waals surface area contributed by atoms with Crippen molar-refractivity contribution in [1.82, 2.24) is 0 Å². The molecular weight excluding hydrogens is 296 g/mol. The van der Waals surface area contributed by atoms with Gasteiger partial charge < -0.3 is 5.11 Å². The largest absolute Gasteiger partial charge is 0.416 e. The van der Waals surface area contributed by atoms with Gasteiger partial charge in [-0.15, -0.1) is 0 Å². The van der Waals surface area contributed by atoms with E-state index in [2.05, 4.69) is 0 Å². The number of benzene rings is 2. The molecule has 0 aliphatic carbocycles. The maximum Gasteiger partial charge on any atom is 0.416 e. The van der Waals surface area contributed by atoms with Crippen molar-refractivity contribution < 1.29 is 22.7 Å². The fraction of sp³-hybridized carbons (Fsp3) is 0.143. The van der Waals surface area contributed by atoms with Gasteiger partial charge in [-0.1, -0.05) is 23.7 Å². The summed E-state index contributed by atoms with van der Waals surface area (Å²) in [5, 5.41) is 10.4. The molecule has 0 spiro atoms. The normalized spacial score (nSPS) is 13.3. The van der Waals surface area contributed by atoms with Crippen LogP contribution < -0.4 is 0 Å². The second kappa shape index (κ2) is 5.42. The summed E-state index contributed by atoms with van der Waals surface area (Å²) in [6.45, 7) is 0. The van der Waals surface area contributed by atoms with Crippen LogP contribution in [0, 0.1) is 5.82 Å². The number of hydrogen-bond acceptors (Lipinski definition) is 1. The minimum atomic E-state index is -4.60. The van der Waals surface area contributed by atoms with E-state index in [1.807, 2.05) is 0 Å². The maximum atomic E-state index is 13.6. The zero-order valence-electron chi connectivity index (χ0n) is 9.96. The third-order valence-corrected chi connectivity index (χ3v) is 3.06. The molecule has 20 heavy (non-hydrogen) atoms. The van der Waals surface area contributed by atoms with E-state index >= 15 is 0 Å². The number of aliphatic hydroxyl groups is 1. The van der Waals surface area contributed by atoms with E-state index < -0.39 is 29.2 Å². The first-order chi connectivity index (χ1) is 9.29. The quantitative estimate of drug-likeness (QED) is 0.805. The molecule has 0 saturated carbocycles. The van der Waals surface area contributed by atoms with Gasteiger partial charge in [0.1, 0.15) is 11.9 Å². The summed E-state index contributed by atoms with van der Waals surface area (Å²) < 4.78 is 51.4. The lowest BCUT2D eigenvalue weighted by Gasteiger charge is -2.15. The lowest BCUT2D eigenvalue weighted by Crippen LogP contribution is -2.09. The number of aliphatic hydroxyl groups excluding tert-OH is 1. The lowest BCUT2D eigenvalue weighted by molar-refractivity contribution is -0.137. The maximum absolute atomic E-state index is 13.6. The number of halogens is 5. The van der Waals surface area contributed by atoms with Crippen LogP contribution in [-0.2, 0) is 6.18 Å². The molecule has 1 unspecified atom stereocenters. The van der Waals surface area contributed by atoms with Crippen LogP contribution in [0.5, 0.6) is 0 Å². The third kappa shape index (κ3) is 3.11. The van der Waals surface area contributed by atoms with Crippen molar-refractivity contribution >= 4 is 11.6 Å². The van der Waals surface area contributed by atoms with E-state index in [9.17, 15) is 22.7 Å². The van der Waals surface area contributed by atoms with Gasteiger partial charge in [0, 0.05) is 10.6 Å². The van der Waals surface area contributed by atoms with E-state index in [1.54, 1.807) is 0 Å². The summed E-state index contributed by atoms with van der Waals surface area (Å²) in [5.41, 5.74) is -1.18. The molecule has 2 rings (SSSR count). The molecule has 0 fully saturated rings. The highest BCUT2D eigenvalue weighted by Gasteiger charge is 2.32. The van der Waals surface area contributed by atoms with E-state index in [4.69, 9.17) is 11.6 Å². The second-order valence-corrected chi connectivity index (χ2v) is 4.62. The summed E-state index contributed by atoms with van der Waals surface area (Å²) in [4.78, 5) is 0. The van der Waals surface area contributed by atoms with E-state index in [0.29, 0.717) is 23.2 Å². The van der Waals surface area contributed by atoms with Crippen molar-refractivity contribution in [2.45, 2.75) is 12.3 Å². The Kier molecular flexibility index (Phi) is 4.01. The zero-order valence-corrected chi connectivity index (χ0v) is 10.7. The SMILES string of the molecule is OC(c1ccc(Cl)cc1)c1cc(C(F)(F)F)ccc1F. The summed E-state index contributed by atoms with van der Waals surface area (Å²) in [6, 6.07) is 7.70. The standard InChI is InChI=1S/C14H9ClF4O/c15-10-4-1-8(2-5-10)13(20)11-7-9(14(17,18)19)3-6-12(11)16/h1-7,13,20H. The Morgan fingerprint density at radius 1 is 1.00 bits per heavy atom. The van der Waals surface area contributed by atoms with Gasteiger partial charge in [-0.05, 0) is 35.9 Å². The molecule has 1 nitrogen and oxygen atoms in total. The Balaban J connectivity index is 2.43. The van der Waals surface area contributed by atoms with Crippen LogP contribution in [0.4, 0.5) is 17.6 Å². The molecule has 0 saturated heterocycles. The van der Waals surface area contributed by atoms with E-state index in [1.165, 1.54) is 24.3 Å². The highest BCUT2D eigenvalue weighted by atomic mass is 35.5. The van der Waals surface area contributed by atoms with Crippen LogP contribution in [0.1, 0.15) is 22.8 Å². The first kappa shape index (κ1) is 14.8. The van der Waals surface area contributed by atoms with Crippen LogP contribution in [0.25, 0.3) is 0 Å². The van der Waals surface area contributed by atoms with Crippen LogP contribution in [0.2, 0.25) is 5.02 Å². The van der Waals surface area contributed by atoms with E-state index in [-0.39, 0.29) is 5.56 Å². The second-order valence-electron chi connectivity index (χ2n) is 4.19. The monoisotopic (exact) mass is 304 g/mol. The molecule has 2 aromatic rings. The molecule has 6 heteroatoms. The number of rotatable bonds is 2. The molecular formula is C14H9ClF4O. The molecule has 0 aromatic heterocycles. The predicted molar refractivity (Wildman–Crippen MR) is 66.9 cm³/mol. The Hall–Kier alpha value is -1.59. The Bertz CT molecular complexity index is 608. The molecule has 0 aliphatic heterocycles. The molecule has 0 radical (unpaired) electrons. The van der Waals surface area contributed by atoms with Crippen LogP contribution in [-0.4, -0.2) is 5.11 Å². The third-order valence-electron chi connectivity index (χ3n) is 2.80. The first-order valence-corrected chi connectivity index (χ1v) is 5.97. The molecule has 0 aliphatic rings. The predicted octanol–water partition coefficient (Wildman–Crippen LogP) is 4.58. The Morgan fingerprint density at radius 2 is 1.60 bits per heavy atom. The van der Waals surface area contributed by atoms with Crippen LogP contribution >= 0.6 is 11.6 Å². The van der Waals surface area contributed by atoms with Gasteiger partial charge in [0.25, 0.3) is 0 Å². The highest BCUT2D eigenvalue weighted by molar-refractivity contribution is 6.30. The Labute approximate surface area is 117 Å². The van der Waals surface area contributed by atoms with Gasteiger partial charge in [-0.2, -0.15) is 13.2 Å². The molecule has 2 aromatic carbocycles. The van der Waals surface area contributed by atoms with Crippen molar-refractivity contribution in [3.05, 3.63) is 70.0 Å². The highest BCUT2D eigenvalue weighted by Crippen LogP contribution is 2.33. The molecule has 0 heterocycles. The van der Waals surface area contributed by atoms with Crippen molar-refractivity contribution in [1.29, 1.82) is 0 Å². The lowest BCUT2D eigenvalue weighted by atomic mass is 9.99. The minimum Gasteiger partial charge on any atom is -0.384 e. The number of hydrogen-bond donors (Lipinski definition) is 1. The van der Waals surface area contributed by atoms with Crippen molar-refractivity contribution in [2.75, 3.05) is 0 Å². The van der Waals surface area contributed by atoms with Gasteiger partial charge in [0.15, 0.2) is 0 Å². The first-order valence-electron chi connectivity index (χ1n) is 5.59. The molecule has 0 bridgehead atoms. The Morgan fingerprint density at radius 3 is 2.15 bits per heavy atom. The van der Waals surface area contributed by atoms with E-state index in [0.717, 1.165) is 0 Å². The van der Waals surface area contributed by atoms with Gasteiger partial charge >= 0.3 is 6.18 Å². The smallest absolute Gasteiger partial charge is 0.384 e. The summed E-state index contributed by atoms with van der Waals surface area (Å²) in [5.74, 6) is -0.902. The van der Waals surface area contributed by atoms with Gasteiger partial charge in [-0.3, -0.25) is 0 Å². The fourth-order valence-electron chi connectivity index (χ4n) is 1.75. The topological polar surface area (TPSA) is 20.2 Å². The van der Waals surface area contributed by atoms with Gasteiger partial charge in [-0.25, -0.2) is 4.39 Å². The molecule has 1 atom stereocenters. The summed E-state index contributed by atoms with van der Waals surface area (Å²) >= 11 is 5.67. The summed E-state index contributed by atoms with van der Waals surface area (Å²) in [7, 11) is 0. The van der Waals surface area contributed by atoms with Crippen LogP contribution in [0.15, 0.2) is 42.5 Å². The summed E-state index contributed by atoms with van der Waals surface area (Å²) in [6.07, 6.45) is -6.09. The molecule has 106 valence electrons. The molecule has 1 N–H and O–H groups in total. The average Bonchev–Trinajstić information content (AvgIpc) is 2.38. The average molecular weight is 305 g/mol. The van der Waals surface area contributed by atoms with Crippen LogP contribution in [0.3, 0.4) is 0 Å². The van der Waals surface area contributed by atoms with Gasteiger partial charge in [0.05, 0.1) is 5.56 Å². The number of alkyl halides is 3. The van der Waals surface area contributed by atoms with Gasteiger partial charge in [0.2, 0.25) is 0 Å². The van der Waals surface area contributed by atoms with Crippen molar-refractivity contribution in [2.24, 2.45) is 0 Å². The zero-order chi connectivity index (χ0) is 14.9. The van der Waals surface area contributed by atoms with Crippen molar-refractivity contribution in [3.63, 3.8) is 0 Å². The molecule has 0 amide bonds. The minimum absolute atomic E-state index is 0.257. The van der Waals surface area contributed by atoms with Crippen molar-refractivity contribution in [3.8, 4) is 0 Å².